The number of rotatable bonds is 8. The molecule has 1 N–H and O–H groups in total. The average molecular weight is 310 g/mol. The largest absolute Gasteiger partial charge is 0.491 e. The van der Waals surface area contributed by atoms with Crippen molar-refractivity contribution in [2.24, 2.45) is 0 Å². The van der Waals surface area contributed by atoms with E-state index >= 15 is 0 Å². The lowest BCUT2D eigenvalue weighted by Gasteiger charge is -2.20. The number of nitriles is 1. The maximum atomic E-state index is 10.1. The molecule has 0 aliphatic carbocycles. The first kappa shape index (κ1) is 17.0. The molecule has 2 aromatic rings. The first-order valence-electron chi connectivity index (χ1n) is 7.71. The highest BCUT2D eigenvalue weighted by molar-refractivity contribution is 5.34. The second-order valence-corrected chi connectivity index (χ2v) is 5.60. The summed E-state index contributed by atoms with van der Waals surface area (Å²) in [6.45, 7) is 1.68. The average Bonchev–Trinajstić information content (AvgIpc) is 2.59. The smallest absolute Gasteiger partial charge is 0.119 e. The Hall–Kier alpha value is -2.35. The Labute approximate surface area is 137 Å². The highest BCUT2D eigenvalue weighted by Gasteiger charge is 2.09. The molecule has 120 valence electrons. The van der Waals surface area contributed by atoms with Gasteiger partial charge in [0.25, 0.3) is 0 Å². The SMILES string of the molecule is CN(CCc1ccccc1)CC(O)COc1ccc(C#N)cc1. The van der Waals surface area contributed by atoms with Crippen LogP contribution in [0.15, 0.2) is 54.6 Å². The van der Waals surface area contributed by atoms with E-state index in [1.54, 1.807) is 24.3 Å². The zero-order valence-electron chi connectivity index (χ0n) is 13.4. The molecule has 0 radical (unpaired) electrons. The quantitative estimate of drug-likeness (QED) is 0.814. The zero-order valence-corrected chi connectivity index (χ0v) is 13.4. The Morgan fingerprint density at radius 2 is 1.83 bits per heavy atom. The van der Waals surface area contributed by atoms with Crippen molar-refractivity contribution in [3.05, 3.63) is 65.7 Å². The highest BCUT2D eigenvalue weighted by Crippen LogP contribution is 2.12. The van der Waals surface area contributed by atoms with Crippen molar-refractivity contribution in [3.63, 3.8) is 0 Å². The molecule has 4 nitrogen and oxygen atoms in total. The lowest BCUT2D eigenvalue weighted by Crippen LogP contribution is -2.34. The van der Waals surface area contributed by atoms with Crippen LogP contribution in [0.3, 0.4) is 0 Å². The third-order valence-corrected chi connectivity index (χ3v) is 3.57. The van der Waals surface area contributed by atoms with Crippen molar-refractivity contribution in [1.82, 2.24) is 4.90 Å². The van der Waals surface area contributed by atoms with E-state index in [2.05, 4.69) is 23.1 Å². The lowest BCUT2D eigenvalue weighted by molar-refractivity contribution is 0.0767. The maximum absolute atomic E-state index is 10.1. The number of likely N-dealkylation sites (N-methyl/N-ethyl adjacent to an activating group) is 1. The molecule has 1 atom stereocenters. The van der Waals surface area contributed by atoms with Gasteiger partial charge in [0, 0.05) is 13.1 Å². The maximum Gasteiger partial charge on any atom is 0.119 e. The summed E-state index contributed by atoms with van der Waals surface area (Å²) in [5.74, 6) is 0.662. The molecular formula is C19H22N2O2. The fourth-order valence-electron chi connectivity index (χ4n) is 2.29. The second kappa shape index (κ2) is 8.94. The van der Waals surface area contributed by atoms with Gasteiger partial charge in [0.15, 0.2) is 0 Å². The molecule has 0 aliphatic heterocycles. The molecule has 0 aromatic heterocycles. The Bertz CT molecular complexity index is 620. The molecular weight excluding hydrogens is 288 g/mol. The van der Waals surface area contributed by atoms with Crippen LogP contribution >= 0.6 is 0 Å². The van der Waals surface area contributed by atoms with E-state index in [9.17, 15) is 5.11 Å². The molecule has 23 heavy (non-hydrogen) atoms. The summed E-state index contributed by atoms with van der Waals surface area (Å²) in [6.07, 6.45) is 0.409. The van der Waals surface area contributed by atoms with E-state index in [-0.39, 0.29) is 6.61 Å². The van der Waals surface area contributed by atoms with Crippen LogP contribution in [-0.4, -0.2) is 42.9 Å². The predicted octanol–water partition coefficient (Wildman–Crippen LogP) is 2.47. The van der Waals surface area contributed by atoms with Crippen LogP contribution in [0, 0.1) is 11.3 Å². The first-order valence-corrected chi connectivity index (χ1v) is 7.71. The minimum atomic E-state index is -0.550. The van der Waals surface area contributed by atoms with Crippen molar-refractivity contribution in [1.29, 1.82) is 5.26 Å². The summed E-state index contributed by atoms with van der Waals surface area (Å²) in [5.41, 5.74) is 1.89. The van der Waals surface area contributed by atoms with E-state index < -0.39 is 6.10 Å². The molecule has 0 amide bonds. The number of hydrogen-bond donors (Lipinski definition) is 1. The van der Waals surface area contributed by atoms with Crippen molar-refractivity contribution in [2.45, 2.75) is 12.5 Å². The number of benzene rings is 2. The van der Waals surface area contributed by atoms with Crippen LogP contribution in [0.25, 0.3) is 0 Å². The fraction of sp³-hybridized carbons (Fsp3) is 0.316. The van der Waals surface area contributed by atoms with E-state index in [4.69, 9.17) is 10.00 Å². The van der Waals surface area contributed by atoms with Gasteiger partial charge >= 0.3 is 0 Å². The monoisotopic (exact) mass is 310 g/mol. The third kappa shape index (κ3) is 6.11. The highest BCUT2D eigenvalue weighted by atomic mass is 16.5. The van der Waals surface area contributed by atoms with E-state index in [1.807, 2.05) is 25.2 Å². The molecule has 1 unspecified atom stereocenters. The van der Waals surface area contributed by atoms with Crippen LogP contribution in [0.1, 0.15) is 11.1 Å². The molecule has 0 bridgehead atoms. The van der Waals surface area contributed by atoms with Gasteiger partial charge in [0.05, 0.1) is 11.6 Å². The number of ether oxygens (including phenoxy) is 1. The lowest BCUT2D eigenvalue weighted by atomic mass is 10.1. The van der Waals surface area contributed by atoms with Gasteiger partial charge in [-0.1, -0.05) is 30.3 Å². The van der Waals surface area contributed by atoms with Gasteiger partial charge in [-0.25, -0.2) is 0 Å². The fourth-order valence-corrected chi connectivity index (χ4v) is 2.29. The Balaban J connectivity index is 1.69. The molecule has 0 spiro atoms. The molecule has 2 rings (SSSR count). The Morgan fingerprint density at radius 1 is 1.13 bits per heavy atom. The van der Waals surface area contributed by atoms with Crippen LogP contribution in [0.5, 0.6) is 5.75 Å². The Kier molecular flexibility index (Phi) is 6.61. The van der Waals surface area contributed by atoms with Gasteiger partial charge in [-0.15, -0.1) is 0 Å². The minimum absolute atomic E-state index is 0.238. The van der Waals surface area contributed by atoms with Gasteiger partial charge in [0.2, 0.25) is 0 Å². The van der Waals surface area contributed by atoms with Crippen molar-refractivity contribution in [2.75, 3.05) is 26.7 Å². The predicted molar refractivity (Wildman–Crippen MR) is 90.3 cm³/mol. The van der Waals surface area contributed by atoms with Gasteiger partial charge < -0.3 is 14.7 Å². The molecule has 0 aliphatic rings. The van der Waals surface area contributed by atoms with Crippen LogP contribution in [0.4, 0.5) is 0 Å². The molecule has 0 heterocycles. The van der Waals surface area contributed by atoms with Gasteiger partial charge in [-0.05, 0) is 43.3 Å². The van der Waals surface area contributed by atoms with Gasteiger partial charge in [-0.3, -0.25) is 0 Å². The summed E-state index contributed by atoms with van der Waals surface area (Å²) < 4.78 is 5.54. The molecule has 0 saturated carbocycles. The van der Waals surface area contributed by atoms with E-state index in [0.717, 1.165) is 13.0 Å². The summed E-state index contributed by atoms with van der Waals surface area (Å²) in [5, 5.41) is 18.8. The van der Waals surface area contributed by atoms with E-state index in [1.165, 1.54) is 5.56 Å². The topological polar surface area (TPSA) is 56.5 Å². The van der Waals surface area contributed by atoms with Crippen LogP contribution in [-0.2, 0) is 6.42 Å². The molecule has 0 saturated heterocycles. The molecule has 4 heteroatoms. The van der Waals surface area contributed by atoms with Crippen molar-refractivity contribution >= 4 is 0 Å². The minimum Gasteiger partial charge on any atom is -0.491 e. The first-order chi connectivity index (χ1) is 11.2. The van der Waals surface area contributed by atoms with Crippen LogP contribution < -0.4 is 4.74 Å². The summed E-state index contributed by atoms with van der Waals surface area (Å²) in [7, 11) is 1.99. The van der Waals surface area contributed by atoms with Crippen molar-refractivity contribution in [3.8, 4) is 11.8 Å². The molecule has 0 fully saturated rings. The molecule has 2 aromatic carbocycles. The number of nitrogens with zero attached hydrogens (tertiary/aromatic N) is 2. The van der Waals surface area contributed by atoms with Gasteiger partial charge in [0.1, 0.15) is 18.5 Å². The standard InChI is InChI=1S/C19H22N2O2/c1-21(12-11-16-5-3-2-4-6-16)14-18(22)15-23-19-9-7-17(13-20)8-10-19/h2-10,18,22H,11-12,14-15H2,1H3. The van der Waals surface area contributed by atoms with Crippen LogP contribution in [0.2, 0.25) is 0 Å². The third-order valence-electron chi connectivity index (χ3n) is 3.57. The van der Waals surface area contributed by atoms with Crippen molar-refractivity contribution < 1.29 is 9.84 Å². The van der Waals surface area contributed by atoms with E-state index in [0.29, 0.717) is 17.9 Å². The number of aliphatic hydroxyl groups excluding tert-OH is 1. The zero-order chi connectivity index (χ0) is 16.5. The summed E-state index contributed by atoms with van der Waals surface area (Å²) >= 11 is 0. The normalized spacial score (nSPS) is 11.9. The van der Waals surface area contributed by atoms with Gasteiger partial charge in [-0.2, -0.15) is 5.26 Å². The Morgan fingerprint density at radius 3 is 2.48 bits per heavy atom. The summed E-state index contributed by atoms with van der Waals surface area (Å²) in [4.78, 5) is 2.10. The number of aliphatic hydroxyl groups is 1. The summed E-state index contributed by atoms with van der Waals surface area (Å²) in [6, 6.07) is 19.3. The number of hydrogen-bond acceptors (Lipinski definition) is 4. The second-order valence-electron chi connectivity index (χ2n) is 5.60.